The molecular weight excluding hydrogens is 420 g/mol. The van der Waals surface area contributed by atoms with Crippen LogP contribution in [0, 0.1) is 0 Å². The van der Waals surface area contributed by atoms with Gasteiger partial charge in [-0.15, -0.1) is 0 Å². The van der Waals surface area contributed by atoms with Crippen LogP contribution < -0.4 is 24.6 Å². The molecule has 0 radical (unpaired) electrons. The average Bonchev–Trinajstić information content (AvgIpc) is 3.23. The normalized spacial score (nSPS) is 15.2. The number of carbonyl (C=O) groups is 1. The number of nitrogens with one attached hydrogen (secondary N) is 2. The van der Waals surface area contributed by atoms with Crippen LogP contribution in [0.1, 0.15) is 22.5 Å². The molecule has 1 aliphatic heterocycles. The molecule has 2 heterocycles. The molecular formula is C17H22N4O6S2. The molecule has 1 aliphatic rings. The van der Waals surface area contributed by atoms with Gasteiger partial charge in [0.25, 0.3) is 5.91 Å². The number of methoxy groups -OCH3 is 2. The van der Waals surface area contributed by atoms with Crippen molar-refractivity contribution in [3.8, 4) is 11.5 Å². The number of sulfonamides is 1. The molecule has 0 aliphatic carbocycles. The molecule has 0 saturated carbocycles. The van der Waals surface area contributed by atoms with Crippen LogP contribution in [0.2, 0.25) is 0 Å². The maximum Gasteiger partial charge on any atom is 0.286 e. The largest absolute Gasteiger partial charge is 0.493 e. The lowest BCUT2D eigenvalue weighted by atomic mass is 10.1. The lowest BCUT2D eigenvalue weighted by Crippen LogP contribution is -2.44. The molecule has 3 N–H and O–H groups in total. The molecule has 1 amide bonds. The fourth-order valence-electron chi connectivity index (χ4n) is 3.03. The fraction of sp³-hybridized carbons (Fsp3) is 0.412. The summed E-state index contributed by atoms with van der Waals surface area (Å²) >= 11 is 1.17. The highest BCUT2D eigenvalue weighted by Crippen LogP contribution is 2.30. The van der Waals surface area contributed by atoms with Crippen molar-refractivity contribution in [2.45, 2.75) is 23.8 Å². The molecule has 1 aromatic heterocycles. The van der Waals surface area contributed by atoms with Crippen molar-refractivity contribution in [1.29, 1.82) is 0 Å². The third-order valence-corrected chi connectivity index (χ3v) is 7.15. The van der Waals surface area contributed by atoms with E-state index in [-0.39, 0.29) is 10.9 Å². The molecule has 2 aromatic rings. The number of nitrogens with zero attached hydrogens (tertiary/aromatic N) is 2. The summed E-state index contributed by atoms with van der Waals surface area (Å²) in [7, 11) is -0.772. The molecule has 0 unspecified atom stereocenters. The maximum atomic E-state index is 12.7. The topological polar surface area (TPSA) is 130 Å². The average molecular weight is 443 g/mol. The minimum atomic E-state index is -3.71. The van der Waals surface area contributed by atoms with Gasteiger partial charge in [0.1, 0.15) is 4.88 Å². The number of hydroxylamine groups is 1. The zero-order valence-electron chi connectivity index (χ0n) is 15.9. The first-order valence-corrected chi connectivity index (χ1v) is 11.1. The number of piperidine rings is 1. The number of rotatable bonds is 7. The molecule has 29 heavy (non-hydrogen) atoms. The summed E-state index contributed by atoms with van der Waals surface area (Å²) in [5.41, 5.74) is 1.58. The quantitative estimate of drug-likeness (QED) is 0.431. The van der Waals surface area contributed by atoms with Gasteiger partial charge in [0.2, 0.25) is 10.0 Å². The van der Waals surface area contributed by atoms with Crippen molar-refractivity contribution in [3.63, 3.8) is 0 Å². The Balaban J connectivity index is 1.62. The van der Waals surface area contributed by atoms with Gasteiger partial charge >= 0.3 is 0 Å². The molecule has 3 rings (SSSR count). The Bertz CT molecular complexity index is 970. The lowest BCUT2D eigenvalue weighted by molar-refractivity contribution is 0.0710. The van der Waals surface area contributed by atoms with Gasteiger partial charge in [-0.05, 0) is 25.0 Å². The highest BCUT2D eigenvalue weighted by atomic mass is 32.2. The Morgan fingerprint density at radius 3 is 2.55 bits per heavy atom. The lowest BCUT2D eigenvalue weighted by Gasteiger charge is -2.32. The summed E-state index contributed by atoms with van der Waals surface area (Å²) in [5.74, 6) is 0.195. The van der Waals surface area contributed by atoms with Gasteiger partial charge in [-0.2, -0.15) is 0 Å². The van der Waals surface area contributed by atoms with Crippen molar-refractivity contribution in [2.75, 3.05) is 32.2 Å². The molecule has 10 nitrogen and oxygen atoms in total. The smallest absolute Gasteiger partial charge is 0.286 e. The number of benzene rings is 1. The number of anilines is 1. The van der Waals surface area contributed by atoms with E-state index < -0.39 is 15.9 Å². The van der Waals surface area contributed by atoms with Crippen LogP contribution in [0.5, 0.6) is 11.5 Å². The first-order chi connectivity index (χ1) is 13.9. The first kappa shape index (κ1) is 21.3. The number of hydrogen-bond donors (Lipinski definition) is 3. The van der Waals surface area contributed by atoms with Crippen molar-refractivity contribution in [1.82, 2.24) is 15.2 Å². The molecule has 1 fully saturated rings. The third-order valence-electron chi connectivity index (χ3n) is 4.57. The van der Waals surface area contributed by atoms with Crippen LogP contribution in [-0.4, -0.2) is 57.9 Å². The van der Waals surface area contributed by atoms with Crippen molar-refractivity contribution in [3.05, 3.63) is 29.3 Å². The summed E-state index contributed by atoms with van der Waals surface area (Å²) in [6.45, 7) is 1.18. The zero-order chi connectivity index (χ0) is 21.0. The molecule has 12 heteroatoms. The minimum Gasteiger partial charge on any atom is -0.493 e. The predicted molar refractivity (Wildman–Crippen MR) is 106 cm³/mol. The molecule has 1 saturated heterocycles. The van der Waals surface area contributed by atoms with Crippen molar-refractivity contribution >= 4 is 32.4 Å². The molecule has 158 valence electrons. The number of thiazole rings is 1. The number of amides is 1. The predicted octanol–water partition coefficient (Wildman–Crippen LogP) is 1.23. The van der Waals surface area contributed by atoms with Crippen LogP contribution >= 0.6 is 11.3 Å². The van der Waals surface area contributed by atoms with E-state index >= 15 is 0 Å². The van der Waals surface area contributed by atoms with Gasteiger partial charge in [-0.25, -0.2) is 23.6 Å². The van der Waals surface area contributed by atoms with Gasteiger partial charge in [0, 0.05) is 25.2 Å². The second-order valence-electron chi connectivity index (χ2n) is 6.35. The van der Waals surface area contributed by atoms with E-state index in [4.69, 9.17) is 14.7 Å². The summed E-state index contributed by atoms with van der Waals surface area (Å²) < 4.78 is 38.5. The first-order valence-electron chi connectivity index (χ1n) is 8.77. The summed E-state index contributed by atoms with van der Waals surface area (Å²) in [6.07, 6.45) is 2.58. The Labute approximate surface area is 172 Å². The number of hydrogen-bond acceptors (Lipinski definition) is 9. The van der Waals surface area contributed by atoms with E-state index in [2.05, 4.69) is 9.71 Å². The Kier molecular flexibility index (Phi) is 6.57. The van der Waals surface area contributed by atoms with E-state index in [1.807, 2.05) is 4.90 Å². The summed E-state index contributed by atoms with van der Waals surface area (Å²) in [6, 6.07) is 4.24. The van der Waals surface area contributed by atoms with Crippen LogP contribution in [-0.2, 0) is 10.0 Å². The van der Waals surface area contributed by atoms with Gasteiger partial charge in [0.05, 0.1) is 25.3 Å². The van der Waals surface area contributed by atoms with Gasteiger partial charge in [0.15, 0.2) is 16.6 Å². The number of carbonyl (C=O) groups excluding carboxylic acids is 1. The minimum absolute atomic E-state index is 0.108. The summed E-state index contributed by atoms with van der Waals surface area (Å²) in [5, 5.41) is 9.35. The van der Waals surface area contributed by atoms with E-state index in [1.165, 1.54) is 43.9 Å². The highest BCUT2D eigenvalue weighted by molar-refractivity contribution is 7.89. The Hall–Kier alpha value is -2.41. The monoisotopic (exact) mass is 442 g/mol. The van der Waals surface area contributed by atoms with Crippen molar-refractivity contribution < 1.29 is 27.9 Å². The van der Waals surface area contributed by atoms with Crippen molar-refractivity contribution in [2.24, 2.45) is 0 Å². The van der Waals surface area contributed by atoms with Crippen LogP contribution in [0.15, 0.2) is 29.3 Å². The number of ether oxygens (including phenoxy) is 2. The highest BCUT2D eigenvalue weighted by Gasteiger charge is 2.27. The van der Waals surface area contributed by atoms with Gasteiger partial charge in [-0.1, -0.05) is 11.3 Å². The Morgan fingerprint density at radius 1 is 1.24 bits per heavy atom. The summed E-state index contributed by atoms with van der Waals surface area (Å²) in [4.78, 5) is 18.0. The van der Waals surface area contributed by atoms with Crippen LogP contribution in [0.4, 0.5) is 5.13 Å². The molecule has 1 aromatic carbocycles. The second-order valence-corrected chi connectivity index (χ2v) is 9.07. The van der Waals surface area contributed by atoms with Gasteiger partial charge in [-0.3, -0.25) is 10.0 Å². The van der Waals surface area contributed by atoms with Gasteiger partial charge < -0.3 is 14.4 Å². The molecule has 0 bridgehead atoms. The van der Waals surface area contributed by atoms with E-state index in [9.17, 15) is 13.2 Å². The standard InChI is InChI=1S/C17H22N4O6S2/c1-26-13-4-3-12(9-14(13)27-2)29(24,25)20-11-5-7-21(8-6-11)17-18-10-15(28-17)16(22)19-23/h3-4,9-11,20,23H,5-8H2,1-2H3,(H,19,22). The number of aromatic nitrogens is 1. The van der Waals surface area contributed by atoms with E-state index in [0.29, 0.717) is 47.4 Å². The maximum absolute atomic E-state index is 12.7. The zero-order valence-corrected chi connectivity index (χ0v) is 17.5. The SMILES string of the molecule is COc1ccc(S(=O)(=O)NC2CCN(c3ncc(C(=O)NO)s3)CC2)cc1OC. The Morgan fingerprint density at radius 2 is 1.93 bits per heavy atom. The van der Waals surface area contributed by atoms with Crippen LogP contribution in [0.3, 0.4) is 0 Å². The second kappa shape index (κ2) is 8.95. The van der Waals surface area contributed by atoms with E-state index in [1.54, 1.807) is 11.5 Å². The third kappa shape index (κ3) is 4.78. The fourth-order valence-corrected chi connectivity index (χ4v) is 5.21. The molecule has 0 spiro atoms. The molecule has 0 atom stereocenters. The van der Waals surface area contributed by atoms with E-state index in [0.717, 1.165) is 0 Å². The van der Waals surface area contributed by atoms with Crippen LogP contribution in [0.25, 0.3) is 0 Å².